The minimum Gasteiger partial charge on any atom is -0.493 e. The Morgan fingerprint density at radius 3 is 2.71 bits per heavy atom. The van der Waals surface area contributed by atoms with E-state index in [1.165, 1.54) is 25.7 Å². The number of hydrogen-bond donors (Lipinski definition) is 3. The standard InChI is InChI=1S/C28H47N3O4/c1-22(19-29-2)30-27(32)31-17-10-13-24(20-31)28(33,16-8-9-18-34-3)25-14-6-7-15-26(25)35-21-23-11-4-5-12-23/h6-7,14-15,22-24,29,33H,4-5,8-13,16-21H2,1-3H3,(H,30,32)/t22-,24+,28-/m0/s1. The van der Waals surface area contributed by atoms with Crippen LogP contribution in [0.25, 0.3) is 0 Å². The van der Waals surface area contributed by atoms with Crippen LogP contribution >= 0.6 is 0 Å². The number of nitrogens with zero attached hydrogens (tertiary/aromatic N) is 1. The number of nitrogens with one attached hydrogen (secondary N) is 2. The Hall–Kier alpha value is -1.83. The Balaban J connectivity index is 1.79. The second-order valence-corrected chi connectivity index (χ2v) is 10.5. The van der Waals surface area contributed by atoms with Crippen LogP contribution in [0, 0.1) is 11.8 Å². The Labute approximate surface area is 211 Å². The molecule has 7 nitrogen and oxygen atoms in total. The Morgan fingerprint density at radius 1 is 1.20 bits per heavy atom. The summed E-state index contributed by atoms with van der Waals surface area (Å²) in [5.41, 5.74) is -0.193. The van der Waals surface area contributed by atoms with Crippen LogP contribution in [-0.2, 0) is 10.3 Å². The molecule has 3 atom stereocenters. The third-order valence-electron chi connectivity index (χ3n) is 7.72. The van der Waals surface area contributed by atoms with Gasteiger partial charge in [-0.3, -0.25) is 0 Å². The number of unbranched alkanes of at least 4 members (excludes halogenated alkanes) is 1. The topological polar surface area (TPSA) is 83.1 Å². The average molecular weight is 490 g/mol. The minimum absolute atomic E-state index is 0.0468. The number of para-hydroxylation sites is 1. The monoisotopic (exact) mass is 489 g/mol. The van der Waals surface area contributed by atoms with Crippen LogP contribution in [0.5, 0.6) is 5.75 Å². The summed E-state index contributed by atoms with van der Waals surface area (Å²) in [7, 11) is 3.60. The lowest BCUT2D eigenvalue weighted by molar-refractivity contribution is -0.0581. The first-order valence-electron chi connectivity index (χ1n) is 13.6. The lowest BCUT2D eigenvalue weighted by atomic mass is 9.73. The highest BCUT2D eigenvalue weighted by atomic mass is 16.5. The largest absolute Gasteiger partial charge is 0.493 e. The summed E-state index contributed by atoms with van der Waals surface area (Å²) in [5, 5.41) is 18.5. The number of hydrogen-bond acceptors (Lipinski definition) is 5. The van der Waals surface area contributed by atoms with Crippen molar-refractivity contribution in [2.75, 3.05) is 47.0 Å². The van der Waals surface area contributed by atoms with Crippen molar-refractivity contribution in [2.24, 2.45) is 11.8 Å². The Bertz CT molecular complexity index is 770. The highest BCUT2D eigenvalue weighted by Crippen LogP contribution is 2.43. The molecule has 2 amide bonds. The van der Waals surface area contributed by atoms with Crippen LogP contribution < -0.4 is 15.4 Å². The Morgan fingerprint density at radius 2 is 1.97 bits per heavy atom. The summed E-state index contributed by atoms with van der Waals surface area (Å²) < 4.78 is 11.6. The molecule has 1 heterocycles. The maximum atomic E-state index is 13.0. The van der Waals surface area contributed by atoms with Gasteiger partial charge in [-0.2, -0.15) is 0 Å². The maximum Gasteiger partial charge on any atom is 0.317 e. The highest BCUT2D eigenvalue weighted by Gasteiger charge is 2.43. The molecule has 1 aromatic carbocycles. The number of urea groups is 1. The van der Waals surface area contributed by atoms with Crippen molar-refractivity contribution < 1.29 is 19.4 Å². The molecule has 1 saturated carbocycles. The third-order valence-corrected chi connectivity index (χ3v) is 7.72. The normalized spacial score (nSPS) is 21.5. The van der Waals surface area contributed by atoms with Gasteiger partial charge in [0, 0.05) is 50.9 Å². The van der Waals surface area contributed by atoms with E-state index in [1.807, 2.05) is 43.1 Å². The van der Waals surface area contributed by atoms with Crippen molar-refractivity contribution in [2.45, 2.75) is 76.4 Å². The van der Waals surface area contributed by atoms with E-state index in [0.717, 1.165) is 43.5 Å². The van der Waals surface area contributed by atoms with Crippen molar-refractivity contribution in [1.82, 2.24) is 15.5 Å². The molecule has 198 valence electrons. The van der Waals surface area contributed by atoms with Crippen molar-refractivity contribution in [3.63, 3.8) is 0 Å². The quantitative estimate of drug-likeness (QED) is 0.360. The van der Waals surface area contributed by atoms with Crippen molar-refractivity contribution in [3.05, 3.63) is 29.8 Å². The SMILES string of the molecule is CNC[C@H](C)NC(=O)N1CCC[C@@H]([C@@](O)(CCCCOC)c2ccccc2OCC2CCCC2)C1. The fourth-order valence-electron chi connectivity index (χ4n) is 5.75. The number of benzene rings is 1. The molecule has 1 saturated heterocycles. The van der Waals surface area contributed by atoms with E-state index >= 15 is 0 Å². The molecule has 1 aromatic rings. The summed E-state index contributed by atoms with van der Waals surface area (Å²) in [6.07, 6.45) is 9.14. The predicted octanol–water partition coefficient (Wildman–Crippen LogP) is 4.29. The lowest BCUT2D eigenvalue weighted by Crippen LogP contribution is -2.53. The van der Waals surface area contributed by atoms with Crippen molar-refractivity contribution >= 4 is 6.03 Å². The van der Waals surface area contributed by atoms with Gasteiger partial charge in [0.1, 0.15) is 5.75 Å². The maximum absolute atomic E-state index is 13.0. The number of rotatable bonds is 13. The predicted molar refractivity (Wildman–Crippen MR) is 140 cm³/mol. The molecule has 7 heteroatoms. The van der Waals surface area contributed by atoms with Crippen LogP contribution in [-0.4, -0.2) is 69.1 Å². The van der Waals surface area contributed by atoms with Crippen molar-refractivity contribution in [3.8, 4) is 5.75 Å². The van der Waals surface area contributed by atoms with Gasteiger partial charge in [0.05, 0.1) is 12.2 Å². The number of carbonyl (C=O) groups excluding carboxylic acids is 1. The van der Waals surface area contributed by atoms with Gasteiger partial charge < -0.3 is 30.1 Å². The summed E-state index contributed by atoms with van der Waals surface area (Å²) >= 11 is 0. The molecule has 0 spiro atoms. The number of methoxy groups -OCH3 is 1. The molecule has 2 fully saturated rings. The lowest BCUT2D eigenvalue weighted by Gasteiger charge is -2.43. The summed E-state index contributed by atoms with van der Waals surface area (Å²) in [4.78, 5) is 14.8. The van der Waals surface area contributed by atoms with E-state index in [-0.39, 0.29) is 18.0 Å². The molecule has 0 radical (unpaired) electrons. The van der Waals surface area contributed by atoms with Crippen LogP contribution in [0.1, 0.15) is 70.3 Å². The third kappa shape index (κ3) is 7.83. The van der Waals surface area contributed by atoms with Crippen LogP contribution in [0.3, 0.4) is 0 Å². The van der Waals surface area contributed by atoms with Crippen LogP contribution in [0.2, 0.25) is 0 Å². The molecule has 3 N–H and O–H groups in total. The van der Waals surface area contributed by atoms with Crippen molar-refractivity contribution in [1.29, 1.82) is 0 Å². The molecule has 1 aliphatic heterocycles. The van der Waals surface area contributed by atoms with Gasteiger partial charge in [-0.1, -0.05) is 31.0 Å². The number of amides is 2. The first-order chi connectivity index (χ1) is 17.0. The minimum atomic E-state index is -1.06. The molecule has 35 heavy (non-hydrogen) atoms. The molecule has 2 aliphatic rings. The van der Waals surface area contributed by atoms with E-state index in [4.69, 9.17) is 9.47 Å². The van der Waals surface area contributed by atoms with Gasteiger partial charge in [0.15, 0.2) is 0 Å². The number of carbonyl (C=O) groups is 1. The molecule has 0 unspecified atom stereocenters. The van der Waals surface area contributed by atoms with E-state index in [1.54, 1.807) is 7.11 Å². The van der Waals surface area contributed by atoms with Gasteiger partial charge in [0.25, 0.3) is 0 Å². The number of aliphatic hydroxyl groups is 1. The van der Waals surface area contributed by atoms with E-state index in [2.05, 4.69) is 10.6 Å². The molecule has 0 aromatic heterocycles. The zero-order valence-electron chi connectivity index (χ0n) is 22.1. The molecular formula is C28H47N3O4. The van der Waals surface area contributed by atoms with E-state index in [9.17, 15) is 9.90 Å². The zero-order valence-corrected chi connectivity index (χ0v) is 22.1. The second kappa shape index (κ2) is 14.0. The van der Waals surface area contributed by atoms with Gasteiger partial charge in [-0.05, 0) is 70.9 Å². The fourth-order valence-corrected chi connectivity index (χ4v) is 5.75. The highest BCUT2D eigenvalue weighted by molar-refractivity contribution is 5.74. The first-order valence-corrected chi connectivity index (χ1v) is 13.6. The number of ether oxygens (including phenoxy) is 2. The summed E-state index contributed by atoms with van der Waals surface area (Å²) in [6, 6.07) is 7.99. The second-order valence-electron chi connectivity index (χ2n) is 10.5. The summed E-state index contributed by atoms with van der Waals surface area (Å²) in [5.74, 6) is 1.34. The fraction of sp³-hybridized carbons (Fsp3) is 0.750. The van der Waals surface area contributed by atoms with Crippen LogP contribution in [0.15, 0.2) is 24.3 Å². The molecule has 0 bridgehead atoms. The number of likely N-dealkylation sites (N-methyl/N-ethyl adjacent to an activating group) is 1. The first kappa shape index (κ1) is 27.8. The average Bonchev–Trinajstić information content (AvgIpc) is 3.39. The molecule has 3 rings (SSSR count). The van der Waals surface area contributed by atoms with Gasteiger partial charge >= 0.3 is 6.03 Å². The smallest absolute Gasteiger partial charge is 0.317 e. The number of likely N-dealkylation sites (tertiary alicyclic amines) is 1. The van der Waals surface area contributed by atoms with Gasteiger partial charge in [0.2, 0.25) is 0 Å². The summed E-state index contributed by atoms with van der Waals surface area (Å²) in [6.45, 7) is 5.36. The zero-order chi connectivity index (χ0) is 25.1. The molecular weight excluding hydrogens is 442 g/mol. The van der Waals surface area contributed by atoms with E-state index in [0.29, 0.717) is 38.6 Å². The van der Waals surface area contributed by atoms with Gasteiger partial charge in [-0.25, -0.2) is 4.79 Å². The van der Waals surface area contributed by atoms with E-state index < -0.39 is 5.60 Å². The Kier molecular flexibility index (Phi) is 11.1. The number of piperidine rings is 1. The van der Waals surface area contributed by atoms with Gasteiger partial charge in [-0.15, -0.1) is 0 Å². The molecule has 1 aliphatic carbocycles. The van der Waals surface area contributed by atoms with Crippen LogP contribution in [0.4, 0.5) is 4.79 Å².